The highest BCUT2D eigenvalue weighted by atomic mass is 79.9. The summed E-state index contributed by atoms with van der Waals surface area (Å²) in [4.78, 5) is 4.28. The molecule has 0 saturated carbocycles. The van der Waals surface area contributed by atoms with Gasteiger partial charge in [0.25, 0.3) is 0 Å². The smallest absolute Gasteiger partial charge is 0.154 e. The highest BCUT2D eigenvalue weighted by Crippen LogP contribution is 2.17. The van der Waals surface area contributed by atoms with Gasteiger partial charge in [0.2, 0.25) is 0 Å². The molecule has 100 valence electrons. The van der Waals surface area contributed by atoms with E-state index in [-0.39, 0.29) is 0 Å². The number of hydrogen-bond acceptors (Lipinski definition) is 3. The second-order valence-corrected chi connectivity index (χ2v) is 6.26. The second kappa shape index (κ2) is 8.43. The van der Waals surface area contributed by atoms with Crippen molar-refractivity contribution in [2.45, 2.75) is 13.8 Å². The van der Waals surface area contributed by atoms with E-state index in [1.54, 1.807) is 0 Å². The predicted molar refractivity (Wildman–Crippen MR) is 83.4 cm³/mol. The Morgan fingerprint density at radius 1 is 1.50 bits per heavy atom. The molecule has 0 aliphatic carbocycles. The van der Waals surface area contributed by atoms with Gasteiger partial charge in [-0.25, -0.2) is 0 Å². The van der Waals surface area contributed by atoms with E-state index in [0.29, 0.717) is 17.7 Å². The van der Waals surface area contributed by atoms with Gasteiger partial charge in [0.1, 0.15) is 5.75 Å². The van der Waals surface area contributed by atoms with E-state index in [4.69, 9.17) is 10.5 Å². The number of hydrogen-bond donors (Lipinski definition) is 1. The first-order chi connectivity index (χ1) is 8.58. The van der Waals surface area contributed by atoms with Crippen molar-refractivity contribution in [1.29, 1.82) is 0 Å². The van der Waals surface area contributed by atoms with Crippen LogP contribution in [0.4, 0.5) is 0 Å². The summed E-state index contributed by atoms with van der Waals surface area (Å²) in [6.45, 7) is 5.65. The van der Waals surface area contributed by atoms with Gasteiger partial charge in [0.15, 0.2) is 5.17 Å². The molecule has 0 bridgehead atoms. The zero-order valence-corrected chi connectivity index (χ0v) is 13.1. The minimum absolute atomic E-state index is 0.544. The summed E-state index contributed by atoms with van der Waals surface area (Å²) in [5.41, 5.74) is 5.78. The first-order valence-electron chi connectivity index (χ1n) is 5.89. The highest BCUT2D eigenvalue weighted by Gasteiger charge is 1.98. The Hall–Kier alpha value is -0.680. The normalized spacial score (nSPS) is 11.9. The molecule has 1 aromatic carbocycles. The fraction of sp³-hybridized carbons (Fsp3) is 0.462. The van der Waals surface area contributed by atoms with Crippen LogP contribution in [0.2, 0.25) is 0 Å². The number of nitrogens with zero attached hydrogens (tertiary/aromatic N) is 1. The number of rotatable bonds is 6. The molecule has 0 atom stereocenters. The summed E-state index contributed by atoms with van der Waals surface area (Å²) in [6, 6.07) is 7.80. The Kier molecular flexibility index (Phi) is 7.20. The van der Waals surface area contributed by atoms with Crippen molar-refractivity contribution in [2.75, 3.05) is 18.9 Å². The van der Waals surface area contributed by atoms with Gasteiger partial charge in [0.05, 0.1) is 6.61 Å². The van der Waals surface area contributed by atoms with Crippen molar-refractivity contribution in [3.05, 3.63) is 28.7 Å². The Morgan fingerprint density at radius 3 is 2.94 bits per heavy atom. The van der Waals surface area contributed by atoms with Crippen LogP contribution in [0, 0.1) is 5.92 Å². The van der Waals surface area contributed by atoms with E-state index in [0.717, 1.165) is 22.5 Å². The number of benzene rings is 1. The molecule has 1 rings (SSSR count). The quantitative estimate of drug-likeness (QED) is 0.493. The summed E-state index contributed by atoms with van der Waals surface area (Å²) in [5.74, 6) is 2.21. The molecule has 2 N–H and O–H groups in total. The van der Waals surface area contributed by atoms with Crippen LogP contribution in [0.3, 0.4) is 0 Å². The topological polar surface area (TPSA) is 47.6 Å². The fourth-order valence-corrected chi connectivity index (χ4v) is 2.10. The van der Waals surface area contributed by atoms with Gasteiger partial charge < -0.3 is 10.5 Å². The van der Waals surface area contributed by atoms with Gasteiger partial charge >= 0.3 is 0 Å². The van der Waals surface area contributed by atoms with Crippen molar-refractivity contribution in [1.82, 2.24) is 0 Å². The van der Waals surface area contributed by atoms with E-state index < -0.39 is 0 Å². The lowest BCUT2D eigenvalue weighted by molar-refractivity contribution is 0.344. The zero-order valence-electron chi connectivity index (χ0n) is 10.7. The van der Waals surface area contributed by atoms with E-state index >= 15 is 0 Å². The number of amidine groups is 1. The third-order valence-corrected chi connectivity index (χ3v) is 3.30. The molecule has 18 heavy (non-hydrogen) atoms. The first kappa shape index (κ1) is 15.4. The largest absolute Gasteiger partial charge is 0.493 e. The molecule has 0 heterocycles. The van der Waals surface area contributed by atoms with Crippen LogP contribution >= 0.6 is 27.7 Å². The van der Waals surface area contributed by atoms with E-state index in [1.807, 2.05) is 24.3 Å². The molecular weight excluding hydrogens is 312 g/mol. The molecule has 3 nitrogen and oxygen atoms in total. The standard InChI is InChI=1S/C13H19BrN2OS/c1-10(2)9-16-13(15)18-7-6-17-12-5-3-4-11(14)8-12/h3-5,8,10H,6-7,9H2,1-2H3,(H2,15,16). The van der Waals surface area contributed by atoms with E-state index in [1.165, 1.54) is 11.8 Å². The average Bonchev–Trinajstić information content (AvgIpc) is 2.32. The summed E-state index contributed by atoms with van der Waals surface area (Å²) >= 11 is 4.94. The summed E-state index contributed by atoms with van der Waals surface area (Å²) in [7, 11) is 0. The van der Waals surface area contributed by atoms with Crippen molar-refractivity contribution in [3.8, 4) is 5.75 Å². The van der Waals surface area contributed by atoms with Crippen LogP contribution in [-0.4, -0.2) is 24.1 Å². The van der Waals surface area contributed by atoms with Gasteiger partial charge in [-0.1, -0.05) is 47.6 Å². The van der Waals surface area contributed by atoms with Gasteiger partial charge in [-0.05, 0) is 24.1 Å². The lowest BCUT2D eigenvalue weighted by Crippen LogP contribution is -2.12. The Morgan fingerprint density at radius 2 is 2.28 bits per heavy atom. The van der Waals surface area contributed by atoms with Gasteiger partial charge in [0, 0.05) is 16.8 Å². The number of ether oxygens (including phenoxy) is 1. The van der Waals surface area contributed by atoms with Crippen LogP contribution < -0.4 is 10.5 Å². The zero-order chi connectivity index (χ0) is 13.4. The maximum Gasteiger partial charge on any atom is 0.154 e. The molecule has 5 heteroatoms. The summed E-state index contributed by atoms with van der Waals surface area (Å²) in [5, 5.41) is 0.640. The SMILES string of the molecule is CC(C)CN=C(N)SCCOc1cccc(Br)c1. The molecule has 0 unspecified atom stereocenters. The van der Waals surface area contributed by atoms with Crippen molar-refractivity contribution >= 4 is 32.9 Å². The first-order valence-corrected chi connectivity index (χ1v) is 7.67. The second-order valence-electron chi connectivity index (χ2n) is 4.23. The Labute approximate surface area is 121 Å². The maximum absolute atomic E-state index is 5.78. The number of thioether (sulfide) groups is 1. The third-order valence-electron chi connectivity index (χ3n) is 2.01. The van der Waals surface area contributed by atoms with Gasteiger partial charge in [-0.15, -0.1) is 0 Å². The van der Waals surface area contributed by atoms with Gasteiger partial charge in [-0.2, -0.15) is 0 Å². The van der Waals surface area contributed by atoms with Crippen LogP contribution in [0.1, 0.15) is 13.8 Å². The number of aliphatic imine (C=N–C) groups is 1. The van der Waals surface area contributed by atoms with E-state index in [2.05, 4.69) is 34.8 Å². The molecule has 0 radical (unpaired) electrons. The molecule has 0 fully saturated rings. The van der Waals surface area contributed by atoms with Crippen LogP contribution in [0.25, 0.3) is 0 Å². The van der Waals surface area contributed by atoms with Crippen LogP contribution in [-0.2, 0) is 0 Å². The van der Waals surface area contributed by atoms with Crippen LogP contribution in [0.15, 0.2) is 33.7 Å². The lowest BCUT2D eigenvalue weighted by Gasteiger charge is -2.06. The molecule has 0 spiro atoms. The fourth-order valence-electron chi connectivity index (χ4n) is 1.18. The highest BCUT2D eigenvalue weighted by molar-refractivity contribution is 9.10. The monoisotopic (exact) mass is 330 g/mol. The van der Waals surface area contributed by atoms with Crippen molar-refractivity contribution in [3.63, 3.8) is 0 Å². The van der Waals surface area contributed by atoms with E-state index in [9.17, 15) is 0 Å². The van der Waals surface area contributed by atoms with Crippen LogP contribution in [0.5, 0.6) is 5.75 Å². The lowest BCUT2D eigenvalue weighted by atomic mass is 10.2. The molecule has 0 aromatic heterocycles. The minimum Gasteiger partial charge on any atom is -0.493 e. The third kappa shape index (κ3) is 6.91. The van der Waals surface area contributed by atoms with Crippen molar-refractivity contribution in [2.24, 2.45) is 16.6 Å². The maximum atomic E-state index is 5.78. The number of halogens is 1. The molecule has 0 aliphatic heterocycles. The molecular formula is C13H19BrN2OS. The summed E-state index contributed by atoms with van der Waals surface area (Å²) < 4.78 is 6.62. The van der Waals surface area contributed by atoms with Gasteiger partial charge in [-0.3, -0.25) is 4.99 Å². The minimum atomic E-state index is 0.544. The van der Waals surface area contributed by atoms with Crippen molar-refractivity contribution < 1.29 is 4.74 Å². The number of nitrogens with two attached hydrogens (primary N) is 1. The Bertz CT molecular complexity index is 396. The molecule has 0 amide bonds. The average molecular weight is 331 g/mol. The predicted octanol–water partition coefficient (Wildman–Crippen LogP) is 3.53. The molecule has 0 aliphatic rings. The summed E-state index contributed by atoms with van der Waals surface area (Å²) in [6.07, 6.45) is 0. The Balaban J connectivity index is 2.20. The molecule has 1 aromatic rings. The molecule has 0 saturated heterocycles.